The lowest BCUT2D eigenvalue weighted by molar-refractivity contribution is 0.0282. The fourth-order valence-electron chi connectivity index (χ4n) is 3.81. The van der Waals surface area contributed by atoms with Crippen LogP contribution in [0.3, 0.4) is 0 Å². The van der Waals surface area contributed by atoms with E-state index in [-0.39, 0.29) is 6.10 Å². The maximum Gasteiger partial charge on any atom is 0.0764 e. The summed E-state index contributed by atoms with van der Waals surface area (Å²) in [6, 6.07) is 3.07. The fourth-order valence-corrected chi connectivity index (χ4v) is 3.81. The zero-order valence-corrected chi connectivity index (χ0v) is 12.5. The Morgan fingerprint density at radius 3 is 2.65 bits per heavy atom. The number of aliphatic hydroxyl groups is 1. The van der Waals surface area contributed by atoms with Crippen molar-refractivity contribution in [3.8, 4) is 0 Å². The van der Waals surface area contributed by atoms with E-state index in [0.29, 0.717) is 12.1 Å². The van der Waals surface area contributed by atoms with Crippen LogP contribution in [0.1, 0.15) is 63.1 Å². The second-order valence-corrected chi connectivity index (χ2v) is 6.56. The van der Waals surface area contributed by atoms with E-state index in [9.17, 15) is 5.11 Å². The highest BCUT2D eigenvalue weighted by molar-refractivity contribution is 5.01. The monoisotopic (exact) mass is 277 g/mol. The summed E-state index contributed by atoms with van der Waals surface area (Å²) in [5, 5.41) is 14.9. The third kappa shape index (κ3) is 3.07. The van der Waals surface area contributed by atoms with E-state index >= 15 is 0 Å². The number of likely N-dealkylation sites (N-methyl/N-ethyl adjacent to an activating group) is 1. The SMILES string of the molecule is CN(Cc1ccn(C2CCCC2)n1)C1CCCCC1O. The van der Waals surface area contributed by atoms with Gasteiger partial charge >= 0.3 is 0 Å². The smallest absolute Gasteiger partial charge is 0.0764 e. The molecule has 0 spiro atoms. The molecule has 2 atom stereocenters. The van der Waals surface area contributed by atoms with Crippen LogP contribution < -0.4 is 0 Å². The Morgan fingerprint density at radius 1 is 1.20 bits per heavy atom. The van der Waals surface area contributed by atoms with Crippen LogP contribution in [-0.2, 0) is 6.54 Å². The van der Waals surface area contributed by atoms with Crippen molar-refractivity contribution < 1.29 is 5.11 Å². The van der Waals surface area contributed by atoms with Crippen molar-refractivity contribution in [2.24, 2.45) is 0 Å². The second kappa shape index (κ2) is 6.27. The Balaban J connectivity index is 1.59. The van der Waals surface area contributed by atoms with E-state index in [1.54, 1.807) is 0 Å². The van der Waals surface area contributed by atoms with Crippen LogP contribution in [0.5, 0.6) is 0 Å². The molecule has 3 rings (SSSR count). The van der Waals surface area contributed by atoms with Gasteiger partial charge in [0.25, 0.3) is 0 Å². The van der Waals surface area contributed by atoms with Crippen molar-refractivity contribution in [2.45, 2.75) is 76.1 Å². The lowest BCUT2D eigenvalue weighted by Crippen LogP contribution is -2.42. The first-order valence-electron chi connectivity index (χ1n) is 8.16. The summed E-state index contributed by atoms with van der Waals surface area (Å²) >= 11 is 0. The first-order valence-corrected chi connectivity index (χ1v) is 8.16. The molecule has 2 aliphatic carbocycles. The van der Waals surface area contributed by atoms with Gasteiger partial charge in [0.05, 0.1) is 17.8 Å². The van der Waals surface area contributed by atoms with Crippen LogP contribution in [0.15, 0.2) is 12.3 Å². The third-order valence-corrected chi connectivity index (χ3v) is 5.03. The highest BCUT2D eigenvalue weighted by Crippen LogP contribution is 2.29. The fraction of sp³-hybridized carbons (Fsp3) is 0.812. The van der Waals surface area contributed by atoms with Crippen molar-refractivity contribution in [2.75, 3.05) is 7.05 Å². The van der Waals surface area contributed by atoms with Crippen LogP contribution in [-0.4, -0.2) is 39.0 Å². The van der Waals surface area contributed by atoms with Gasteiger partial charge in [0.1, 0.15) is 0 Å². The quantitative estimate of drug-likeness (QED) is 0.920. The van der Waals surface area contributed by atoms with E-state index in [1.165, 1.54) is 38.5 Å². The molecule has 1 aromatic heterocycles. The molecular weight excluding hydrogens is 250 g/mol. The van der Waals surface area contributed by atoms with Gasteiger partial charge < -0.3 is 5.11 Å². The molecule has 1 aromatic rings. The van der Waals surface area contributed by atoms with E-state index in [0.717, 1.165) is 25.1 Å². The van der Waals surface area contributed by atoms with Crippen molar-refractivity contribution in [3.05, 3.63) is 18.0 Å². The van der Waals surface area contributed by atoms with E-state index in [4.69, 9.17) is 5.10 Å². The standard InChI is InChI=1S/C16H27N3O/c1-18(15-8-4-5-9-16(15)20)12-13-10-11-19(17-13)14-6-2-3-7-14/h10-11,14-16,20H,2-9,12H2,1H3. The van der Waals surface area contributed by atoms with Gasteiger partial charge in [-0.1, -0.05) is 25.7 Å². The largest absolute Gasteiger partial charge is 0.391 e. The van der Waals surface area contributed by atoms with Gasteiger partial charge in [-0.15, -0.1) is 0 Å². The molecule has 20 heavy (non-hydrogen) atoms. The number of hydrogen-bond acceptors (Lipinski definition) is 3. The molecule has 0 aliphatic heterocycles. The molecule has 2 saturated carbocycles. The molecule has 4 nitrogen and oxygen atoms in total. The predicted molar refractivity (Wildman–Crippen MR) is 79.5 cm³/mol. The van der Waals surface area contributed by atoms with E-state index in [2.05, 4.69) is 28.9 Å². The summed E-state index contributed by atoms with van der Waals surface area (Å²) in [4.78, 5) is 2.28. The summed E-state index contributed by atoms with van der Waals surface area (Å²) in [7, 11) is 2.12. The van der Waals surface area contributed by atoms with Crippen molar-refractivity contribution in [1.82, 2.24) is 14.7 Å². The molecule has 112 valence electrons. The number of hydrogen-bond donors (Lipinski definition) is 1. The van der Waals surface area contributed by atoms with Gasteiger partial charge in [0, 0.05) is 18.8 Å². The molecule has 0 saturated heterocycles. The number of rotatable bonds is 4. The predicted octanol–water partition coefficient (Wildman–Crippen LogP) is 2.73. The van der Waals surface area contributed by atoms with Crippen LogP contribution in [0, 0.1) is 0 Å². The molecule has 2 fully saturated rings. The van der Waals surface area contributed by atoms with Crippen LogP contribution in [0.4, 0.5) is 0 Å². The molecule has 0 bridgehead atoms. The Bertz CT molecular complexity index is 425. The van der Waals surface area contributed by atoms with Crippen LogP contribution in [0.25, 0.3) is 0 Å². The summed E-state index contributed by atoms with van der Waals surface area (Å²) in [5.41, 5.74) is 1.14. The van der Waals surface area contributed by atoms with E-state index in [1.807, 2.05) is 0 Å². The number of aromatic nitrogens is 2. The average Bonchev–Trinajstić information content (AvgIpc) is 3.09. The maximum absolute atomic E-state index is 10.1. The van der Waals surface area contributed by atoms with Gasteiger partial charge in [-0.05, 0) is 38.8 Å². The minimum atomic E-state index is -0.161. The average molecular weight is 277 g/mol. The summed E-state index contributed by atoms with van der Waals surface area (Å²) in [5.74, 6) is 0. The Hall–Kier alpha value is -0.870. The minimum absolute atomic E-state index is 0.161. The molecule has 1 N–H and O–H groups in total. The molecule has 0 amide bonds. The van der Waals surface area contributed by atoms with Gasteiger partial charge in [0.15, 0.2) is 0 Å². The summed E-state index contributed by atoms with van der Waals surface area (Å²) in [6.07, 6.45) is 11.7. The maximum atomic E-state index is 10.1. The van der Waals surface area contributed by atoms with Gasteiger partial charge in [-0.3, -0.25) is 9.58 Å². The molecule has 2 unspecified atom stereocenters. The minimum Gasteiger partial charge on any atom is -0.391 e. The van der Waals surface area contributed by atoms with Crippen molar-refractivity contribution >= 4 is 0 Å². The molecule has 0 aromatic carbocycles. The topological polar surface area (TPSA) is 41.3 Å². The van der Waals surface area contributed by atoms with Crippen LogP contribution in [0.2, 0.25) is 0 Å². The Kier molecular flexibility index (Phi) is 4.41. The molecule has 0 radical (unpaired) electrons. The number of nitrogens with zero attached hydrogens (tertiary/aromatic N) is 3. The number of aliphatic hydroxyl groups excluding tert-OH is 1. The lowest BCUT2D eigenvalue weighted by Gasteiger charge is -2.34. The van der Waals surface area contributed by atoms with Crippen LogP contribution >= 0.6 is 0 Å². The Morgan fingerprint density at radius 2 is 1.90 bits per heavy atom. The molecule has 1 heterocycles. The van der Waals surface area contributed by atoms with E-state index < -0.39 is 0 Å². The zero-order chi connectivity index (χ0) is 13.9. The summed E-state index contributed by atoms with van der Waals surface area (Å²) in [6.45, 7) is 0.849. The summed E-state index contributed by atoms with van der Waals surface area (Å²) < 4.78 is 2.16. The highest BCUT2D eigenvalue weighted by Gasteiger charge is 2.27. The van der Waals surface area contributed by atoms with Gasteiger partial charge in [0.2, 0.25) is 0 Å². The normalized spacial score (nSPS) is 28.4. The second-order valence-electron chi connectivity index (χ2n) is 6.56. The first kappa shape index (κ1) is 14.1. The Labute approximate surface area is 121 Å². The third-order valence-electron chi connectivity index (χ3n) is 5.03. The lowest BCUT2D eigenvalue weighted by atomic mass is 9.91. The molecule has 4 heteroatoms. The van der Waals surface area contributed by atoms with Gasteiger partial charge in [-0.25, -0.2) is 0 Å². The first-order chi connectivity index (χ1) is 9.74. The van der Waals surface area contributed by atoms with Crippen molar-refractivity contribution in [3.63, 3.8) is 0 Å². The molecular formula is C16H27N3O. The zero-order valence-electron chi connectivity index (χ0n) is 12.5. The molecule has 2 aliphatic rings. The highest BCUT2D eigenvalue weighted by atomic mass is 16.3. The van der Waals surface area contributed by atoms with Crippen molar-refractivity contribution in [1.29, 1.82) is 0 Å². The van der Waals surface area contributed by atoms with Gasteiger partial charge in [-0.2, -0.15) is 5.10 Å².